The summed E-state index contributed by atoms with van der Waals surface area (Å²) >= 11 is 0. The van der Waals surface area contributed by atoms with Gasteiger partial charge < -0.3 is 30.3 Å². The molecule has 3 aromatic carbocycles. The Morgan fingerprint density at radius 3 is 2.40 bits per heavy atom. The van der Waals surface area contributed by atoms with Crippen molar-refractivity contribution in [3.63, 3.8) is 0 Å². The van der Waals surface area contributed by atoms with E-state index >= 15 is 0 Å². The molecule has 0 radical (unpaired) electrons. The lowest BCUT2D eigenvalue weighted by atomic mass is 10.1. The molecule has 1 amide bonds. The van der Waals surface area contributed by atoms with E-state index in [9.17, 15) is 28.2 Å². The van der Waals surface area contributed by atoms with E-state index in [-0.39, 0.29) is 42.6 Å². The first-order valence-corrected chi connectivity index (χ1v) is 13.4. The van der Waals surface area contributed by atoms with Gasteiger partial charge in [-0.15, -0.1) is 0 Å². The number of nitrogens with one attached hydrogen (secondary N) is 2. The number of aliphatic hydroxyl groups excluding tert-OH is 1. The van der Waals surface area contributed by atoms with Crippen molar-refractivity contribution in [3.05, 3.63) is 101 Å². The van der Waals surface area contributed by atoms with Gasteiger partial charge in [0.15, 0.2) is 5.82 Å². The maximum absolute atomic E-state index is 13.1. The average molecular weight is 597 g/mol. The van der Waals surface area contributed by atoms with Crippen LogP contribution in [0.15, 0.2) is 78.9 Å². The molecule has 9 nitrogen and oxygen atoms in total. The highest BCUT2D eigenvalue weighted by molar-refractivity contribution is 5.97. The third kappa shape index (κ3) is 9.42. The number of halogens is 3. The molecule has 0 aliphatic heterocycles. The second-order valence-electron chi connectivity index (χ2n) is 9.60. The molecule has 12 heteroatoms. The zero-order valence-corrected chi connectivity index (χ0v) is 23.3. The molecule has 1 heterocycles. The summed E-state index contributed by atoms with van der Waals surface area (Å²) in [6.45, 7) is 2.60. The van der Waals surface area contributed by atoms with E-state index in [0.29, 0.717) is 30.2 Å². The lowest BCUT2D eigenvalue weighted by Gasteiger charge is -2.14. The van der Waals surface area contributed by atoms with Crippen LogP contribution in [0.4, 0.5) is 13.2 Å². The van der Waals surface area contributed by atoms with Crippen LogP contribution in [0.2, 0.25) is 0 Å². The Balaban J connectivity index is 1.17. The number of aromatic nitrogens is 2. The van der Waals surface area contributed by atoms with E-state index in [4.69, 9.17) is 9.47 Å². The van der Waals surface area contributed by atoms with E-state index < -0.39 is 23.9 Å². The number of phenols is 1. The molecule has 1 aromatic heterocycles. The van der Waals surface area contributed by atoms with E-state index in [1.54, 1.807) is 30.3 Å². The standard InChI is InChI=1S/C31H31F3N4O5/c1-20-15-28(31(32,33)34)38-29(37-20)22-7-9-24(10-8-22)43-19-23(39)18-35-13-14-42-25-11-12-27(40)26(16-25)30(41)36-17-21-5-3-2-4-6-21/h2-12,15-16,23,35,39-40H,13-14,17-19H2,1H3,(H,36,41). The first-order valence-electron chi connectivity index (χ1n) is 13.4. The van der Waals surface area contributed by atoms with Gasteiger partial charge in [-0.1, -0.05) is 30.3 Å². The van der Waals surface area contributed by atoms with Gasteiger partial charge in [-0.3, -0.25) is 4.79 Å². The van der Waals surface area contributed by atoms with E-state index in [1.165, 1.54) is 19.1 Å². The van der Waals surface area contributed by atoms with Gasteiger partial charge in [0, 0.05) is 30.9 Å². The number of phenolic OH excluding ortho intramolecular Hbond substituents is 1. The fourth-order valence-electron chi connectivity index (χ4n) is 3.96. The number of hydrogen-bond donors (Lipinski definition) is 4. The molecular formula is C31H31F3N4O5. The highest BCUT2D eigenvalue weighted by Gasteiger charge is 2.33. The molecule has 0 saturated heterocycles. The first kappa shape index (κ1) is 31.3. The van der Waals surface area contributed by atoms with Crippen molar-refractivity contribution < 1.29 is 37.7 Å². The lowest BCUT2D eigenvalue weighted by Crippen LogP contribution is -2.33. The van der Waals surface area contributed by atoms with Crippen LogP contribution in [-0.2, 0) is 12.7 Å². The lowest BCUT2D eigenvalue weighted by molar-refractivity contribution is -0.141. The molecule has 4 N–H and O–H groups in total. The number of aryl methyl sites for hydroxylation is 1. The largest absolute Gasteiger partial charge is 0.507 e. The minimum Gasteiger partial charge on any atom is -0.507 e. The van der Waals surface area contributed by atoms with Crippen molar-refractivity contribution in [2.45, 2.75) is 25.7 Å². The average Bonchev–Trinajstić information content (AvgIpc) is 2.99. The fourth-order valence-corrected chi connectivity index (χ4v) is 3.96. The third-order valence-electron chi connectivity index (χ3n) is 6.14. The SMILES string of the molecule is Cc1cc(C(F)(F)F)nc(-c2ccc(OCC(O)CNCCOc3ccc(O)c(C(=O)NCc4ccccc4)c3)cc2)n1. The van der Waals surface area contributed by atoms with Crippen LogP contribution in [-0.4, -0.2) is 58.5 Å². The number of carbonyl (C=O) groups excluding carboxylic acids is 1. The molecule has 43 heavy (non-hydrogen) atoms. The number of benzene rings is 3. The van der Waals surface area contributed by atoms with E-state index in [1.807, 2.05) is 30.3 Å². The van der Waals surface area contributed by atoms with Gasteiger partial charge in [0.2, 0.25) is 0 Å². The number of amides is 1. The Hall–Kier alpha value is -4.68. The molecule has 226 valence electrons. The zero-order valence-electron chi connectivity index (χ0n) is 23.3. The molecule has 0 spiro atoms. The summed E-state index contributed by atoms with van der Waals surface area (Å²) in [4.78, 5) is 20.2. The molecular weight excluding hydrogens is 565 g/mol. The summed E-state index contributed by atoms with van der Waals surface area (Å²) in [5, 5.41) is 26.1. The third-order valence-corrected chi connectivity index (χ3v) is 6.14. The molecule has 1 unspecified atom stereocenters. The van der Waals surface area contributed by atoms with Gasteiger partial charge >= 0.3 is 6.18 Å². The zero-order chi connectivity index (χ0) is 30.8. The highest BCUT2D eigenvalue weighted by atomic mass is 19.4. The number of ether oxygens (including phenoxy) is 2. The summed E-state index contributed by atoms with van der Waals surface area (Å²) < 4.78 is 50.5. The molecule has 0 fully saturated rings. The van der Waals surface area contributed by atoms with Gasteiger partial charge in [0.1, 0.15) is 42.3 Å². The minimum absolute atomic E-state index is 0.0220. The number of carbonyl (C=O) groups is 1. The normalized spacial score (nSPS) is 12.0. The van der Waals surface area contributed by atoms with Gasteiger partial charge in [0.25, 0.3) is 5.91 Å². The second kappa shape index (κ2) is 14.5. The number of aromatic hydroxyl groups is 1. The Labute approximate surface area is 246 Å². The Morgan fingerprint density at radius 1 is 0.953 bits per heavy atom. The Kier molecular flexibility index (Phi) is 10.5. The Bertz CT molecular complexity index is 1500. The van der Waals surface area contributed by atoms with Crippen LogP contribution in [0, 0.1) is 6.92 Å². The van der Waals surface area contributed by atoms with Crippen molar-refractivity contribution in [1.29, 1.82) is 0 Å². The molecule has 4 aromatic rings. The molecule has 0 aliphatic carbocycles. The van der Waals surface area contributed by atoms with Gasteiger partial charge in [-0.25, -0.2) is 9.97 Å². The topological polar surface area (TPSA) is 126 Å². The maximum Gasteiger partial charge on any atom is 0.433 e. The maximum atomic E-state index is 13.1. The summed E-state index contributed by atoms with van der Waals surface area (Å²) in [5.41, 5.74) is 0.620. The van der Waals surface area contributed by atoms with Gasteiger partial charge in [-0.2, -0.15) is 13.2 Å². The van der Waals surface area contributed by atoms with Crippen molar-refractivity contribution in [2.75, 3.05) is 26.3 Å². The van der Waals surface area contributed by atoms with Crippen molar-refractivity contribution in [3.8, 4) is 28.6 Å². The monoisotopic (exact) mass is 596 g/mol. The van der Waals surface area contributed by atoms with Crippen LogP contribution < -0.4 is 20.1 Å². The summed E-state index contributed by atoms with van der Waals surface area (Å²) in [6.07, 6.45) is -5.42. The van der Waals surface area contributed by atoms with Gasteiger partial charge in [0.05, 0.1) is 5.56 Å². The minimum atomic E-state index is -4.57. The summed E-state index contributed by atoms with van der Waals surface area (Å²) in [6, 6.07) is 20.9. The quantitative estimate of drug-likeness (QED) is 0.166. The molecule has 0 bridgehead atoms. The van der Waals surface area contributed by atoms with Crippen LogP contribution in [0.3, 0.4) is 0 Å². The van der Waals surface area contributed by atoms with Crippen LogP contribution in [0.1, 0.15) is 27.3 Å². The number of hydrogen-bond acceptors (Lipinski definition) is 8. The molecule has 1 atom stereocenters. The molecule has 0 saturated carbocycles. The van der Waals surface area contributed by atoms with Crippen LogP contribution in [0.25, 0.3) is 11.4 Å². The Morgan fingerprint density at radius 2 is 1.67 bits per heavy atom. The highest BCUT2D eigenvalue weighted by Crippen LogP contribution is 2.30. The number of alkyl halides is 3. The predicted molar refractivity (Wildman–Crippen MR) is 153 cm³/mol. The van der Waals surface area contributed by atoms with Crippen LogP contribution in [0.5, 0.6) is 17.2 Å². The first-order chi connectivity index (χ1) is 20.6. The fraction of sp³-hybridized carbons (Fsp3) is 0.258. The summed E-state index contributed by atoms with van der Waals surface area (Å²) in [7, 11) is 0. The van der Waals surface area contributed by atoms with Crippen LogP contribution >= 0.6 is 0 Å². The van der Waals surface area contributed by atoms with Crippen molar-refractivity contribution >= 4 is 5.91 Å². The summed E-state index contributed by atoms with van der Waals surface area (Å²) in [5.74, 6) is 0.197. The molecule has 4 rings (SSSR count). The smallest absolute Gasteiger partial charge is 0.433 e. The number of nitrogens with zero attached hydrogens (tertiary/aromatic N) is 2. The van der Waals surface area contributed by atoms with Crippen molar-refractivity contribution in [2.24, 2.45) is 0 Å². The van der Waals surface area contributed by atoms with E-state index in [2.05, 4.69) is 20.6 Å². The molecule has 0 aliphatic rings. The second-order valence-corrected chi connectivity index (χ2v) is 9.60. The van der Waals surface area contributed by atoms with Crippen molar-refractivity contribution in [1.82, 2.24) is 20.6 Å². The van der Waals surface area contributed by atoms with E-state index in [0.717, 1.165) is 11.6 Å². The number of rotatable bonds is 13. The van der Waals surface area contributed by atoms with Gasteiger partial charge in [-0.05, 0) is 61.0 Å². The predicted octanol–water partition coefficient (Wildman–Crippen LogP) is 4.51. The number of aliphatic hydroxyl groups is 1.